The molecule has 1 fully saturated rings. The second-order valence-electron chi connectivity index (χ2n) is 6.45. The fourth-order valence-corrected chi connectivity index (χ4v) is 3.37. The van der Waals surface area contributed by atoms with Gasteiger partial charge in [-0.3, -0.25) is 9.59 Å². The number of carbonyl (C=O) groups excluding carboxylic acids is 2. The molecule has 0 saturated heterocycles. The first-order valence-corrected chi connectivity index (χ1v) is 9.21. The van der Waals surface area contributed by atoms with Crippen molar-refractivity contribution >= 4 is 18.0 Å². The minimum Gasteiger partial charge on any atom is -0.490 e. The molecule has 0 aliphatic heterocycles. The van der Waals surface area contributed by atoms with Gasteiger partial charge < -0.3 is 25.2 Å². The number of aliphatic hydroxyl groups is 1. The SMILES string of the molecule is COCCOc1cc(N(C=O)C2CCCC/C2=C\CCO)ccc1C(N)=O. The van der Waals surface area contributed by atoms with E-state index < -0.39 is 5.91 Å². The van der Waals surface area contributed by atoms with Gasteiger partial charge in [0.25, 0.3) is 5.91 Å². The first-order valence-electron chi connectivity index (χ1n) is 9.21. The standard InChI is InChI=1S/C20H28N2O5/c1-26-11-12-27-19-13-16(8-9-17(19)20(21)25)22(14-24)18-7-3-2-5-15(18)6-4-10-23/h6,8-9,13-14,18,23H,2-5,7,10-12H2,1H3,(H2,21,25)/b15-6+. The third kappa shape index (κ3) is 5.55. The average Bonchev–Trinajstić information content (AvgIpc) is 2.68. The summed E-state index contributed by atoms with van der Waals surface area (Å²) in [7, 11) is 1.56. The molecule has 0 spiro atoms. The summed E-state index contributed by atoms with van der Waals surface area (Å²) >= 11 is 0. The van der Waals surface area contributed by atoms with Gasteiger partial charge in [-0.25, -0.2) is 0 Å². The van der Waals surface area contributed by atoms with Crippen LogP contribution in [0, 0.1) is 0 Å². The number of ether oxygens (including phenoxy) is 2. The zero-order valence-corrected chi connectivity index (χ0v) is 15.7. The van der Waals surface area contributed by atoms with Crippen molar-refractivity contribution in [2.24, 2.45) is 5.73 Å². The van der Waals surface area contributed by atoms with Crippen LogP contribution in [-0.4, -0.2) is 50.4 Å². The summed E-state index contributed by atoms with van der Waals surface area (Å²) in [6.45, 7) is 0.727. The third-order valence-electron chi connectivity index (χ3n) is 4.68. The molecule has 1 aromatic rings. The summed E-state index contributed by atoms with van der Waals surface area (Å²) < 4.78 is 10.6. The van der Waals surface area contributed by atoms with Gasteiger partial charge in [-0.1, -0.05) is 18.1 Å². The van der Waals surface area contributed by atoms with Gasteiger partial charge in [0.2, 0.25) is 6.41 Å². The minimum atomic E-state index is -0.590. The topological polar surface area (TPSA) is 102 Å². The number of hydrogen-bond donors (Lipinski definition) is 2. The quantitative estimate of drug-likeness (QED) is 0.369. The van der Waals surface area contributed by atoms with E-state index >= 15 is 0 Å². The number of methoxy groups -OCH3 is 1. The Morgan fingerprint density at radius 1 is 1.37 bits per heavy atom. The third-order valence-corrected chi connectivity index (χ3v) is 4.68. The van der Waals surface area contributed by atoms with E-state index in [2.05, 4.69) is 0 Å². The Balaban J connectivity index is 2.33. The lowest BCUT2D eigenvalue weighted by Gasteiger charge is -2.34. The van der Waals surface area contributed by atoms with Crippen LogP contribution in [0.2, 0.25) is 0 Å². The van der Waals surface area contributed by atoms with Crippen molar-refractivity contribution in [3.63, 3.8) is 0 Å². The number of carbonyl (C=O) groups is 2. The number of nitrogens with zero attached hydrogens (tertiary/aromatic N) is 1. The molecule has 3 N–H and O–H groups in total. The van der Waals surface area contributed by atoms with E-state index in [-0.39, 0.29) is 24.8 Å². The lowest BCUT2D eigenvalue weighted by molar-refractivity contribution is -0.107. The molecule has 1 unspecified atom stereocenters. The van der Waals surface area contributed by atoms with Crippen molar-refractivity contribution in [1.82, 2.24) is 0 Å². The number of anilines is 1. The van der Waals surface area contributed by atoms with Crippen LogP contribution in [0.4, 0.5) is 5.69 Å². The highest BCUT2D eigenvalue weighted by Gasteiger charge is 2.26. The normalized spacial score (nSPS) is 18.3. The zero-order valence-electron chi connectivity index (χ0n) is 15.7. The van der Waals surface area contributed by atoms with Gasteiger partial charge in [0.1, 0.15) is 12.4 Å². The molecule has 1 saturated carbocycles. The van der Waals surface area contributed by atoms with Crippen LogP contribution < -0.4 is 15.4 Å². The Bertz CT molecular complexity index is 674. The molecule has 27 heavy (non-hydrogen) atoms. The molecule has 1 aliphatic carbocycles. The number of benzene rings is 1. The van der Waals surface area contributed by atoms with Crippen LogP contribution in [0.3, 0.4) is 0 Å². The van der Waals surface area contributed by atoms with E-state index in [1.165, 1.54) is 0 Å². The lowest BCUT2D eigenvalue weighted by atomic mass is 9.88. The number of amides is 2. The number of hydrogen-bond acceptors (Lipinski definition) is 5. The Labute approximate surface area is 159 Å². The van der Waals surface area contributed by atoms with Crippen LogP contribution in [0.5, 0.6) is 5.75 Å². The minimum absolute atomic E-state index is 0.0611. The molecular formula is C20H28N2O5. The molecule has 148 valence electrons. The fourth-order valence-electron chi connectivity index (χ4n) is 3.37. The highest BCUT2D eigenvalue weighted by atomic mass is 16.5. The molecule has 2 amide bonds. The molecule has 7 nitrogen and oxygen atoms in total. The summed E-state index contributed by atoms with van der Waals surface area (Å²) in [6.07, 6.45) is 7.27. The van der Waals surface area contributed by atoms with Gasteiger partial charge >= 0.3 is 0 Å². The summed E-state index contributed by atoms with van der Waals surface area (Å²) in [5.41, 5.74) is 7.49. The predicted molar refractivity (Wildman–Crippen MR) is 103 cm³/mol. The van der Waals surface area contributed by atoms with Crippen LogP contribution in [0.15, 0.2) is 29.8 Å². The Hall–Kier alpha value is -2.38. The van der Waals surface area contributed by atoms with Gasteiger partial charge in [-0.15, -0.1) is 0 Å². The van der Waals surface area contributed by atoms with Gasteiger partial charge in [0.05, 0.1) is 18.2 Å². The summed E-state index contributed by atoms with van der Waals surface area (Å²) in [6, 6.07) is 4.89. The molecule has 0 aromatic heterocycles. The molecule has 0 bridgehead atoms. The lowest BCUT2D eigenvalue weighted by Crippen LogP contribution is -2.37. The van der Waals surface area contributed by atoms with Crippen molar-refractivity contribution in [3.05, 3.63) is 35.4 Å². The van der Waals surface area contributed by atoms with Crippen molar-refractivity contribution in [2.45, 2.75) is 38.1 Å². The van der Waals surface area contributed by atoms with Crippen LogP contribution >= 0.6 is 0 Å². The van der Waals surface area contributed by atoms with E-state index in [1.54, 1.807) is 30.2 Å². The number of primary amides is 1. The first kappa shape index (κ1) is 20.9. The summed E-state index contributed by atoms with van der Waals surface area (Å²) in [5, 5.41) is 9.12. The van der Waals surface area contributed by atoms with Gasteiger partial charge in [-0.05, 0) is 37.8 Å². The monoisotopic (exact) mass is 376 g/mol. The number of nitrogens with two attached hydrogens (primary N) is 1. The largest absolute Gasteiger partial charge is 0.490 e. The highest BCUT2D eigenvalue weighted by molar-refractivity contribution is 5.96. The van der Waals surface area contributed by atoms with Gasteiger partial charge in [-0.2, -0.15) is 0 Å². The van der Waals surface area contributed by atoms with Crippen molar-refractivity contribution in [3.8, 4) is 5.75 Å². The Kier molecular flexibility index (Phi) is 8.29. The van der Waals surface area contributed by atoms with E-state index in [9.17, 15) is 9.59 Å². The maximum atomic E-state index is 11.9. The van der Waals surface area contributed by atoms with Crippen LogP contribution in [0.25, 0.3) is 0 Å². The van der Waals surface area contributed by atoms with Crippen molar-refractivity contribution in [2.75, 3.05) is 31.8 Å². The van der Waals surface area contributed by atoms with Crippen molar-refractivity contribution in [1.29, 1.82) is 0 Å². The number of rotatable bonds is 10. The van der Waals surface area contributed by atoms with E-state index in [0.29, 0.717) is 24.5 Å². The van der Waals surface area contributed by atoms with E-state index in [4.69, 9.17) is 20.3 Å². The highest BCUT2D eigenvalue weighted by Crippen LogP contribution is 2.33. The fraction of sp³-hybridized carbons (Fsp3) is 0.500. The van der Waals surface area contributed by atoms with E-state index in [0.717, 1.165) is 37.7 Å². The van der Waals surface area contributed by atoms with Gasteiger partial charge in [0.15, 0.2) is 0 Å². The molecule has 2 rings (SSSR count). The molecule has 1 atom stereocenters. The van der Waals surface area contributed by atoms with Crippen LogP contribution in [0.1, 0.15) is 42.5 Å². The maximum absolute atomic E-state index is 11.9. The van der Waals surface area contributed by atoms with Crippen molar-refractivity contribution < 1.29 is 24.2 Å². The van der Waals surface area contributed by atoms with Gasteiger partial charge in [0, 0.05) is 25.5 Å². The second-order valence-corrected chi connectivity index (χ2v) is 6.45. The Morgan fingerprint density at radius 2 is 2.19 bits per heavy atom. The molecule has 1 aliphatic rings. The molecular weight excluding hydrogens is 348 g/mol. The summed E-state index contributed by atoms with van der Waals surface area (Å²) in [5.74, 6) is -0.256. The van der Waals surface area contributed by atoms with Crippen LogP contribution in [-0.2, 0) is 9.53 Å². The number of aliphatic hydroxyl groups excluding tert-OH is 1. The predicted octanol–water partition coefficient (Wildman–Crippen LogP) is 2.02. The maximum Gasteiger partial charge on any atom is 0.252 e. The second kappa shape index (κ2) is 10.7. The first-order chi connectivity index (χ1) is 13.1. The molecule has 1 aromatic carbocycles. The van der Waals surface area contributed by atoms with E-state index in [1.807, 2.05) is 6.08 Å². The molecule has 7 heteroatoms. The Morgan fingerprint density at radius 3 is 2.85 bits per heavy atom. The smallest absolute Gasteiger partial charge is 0.252 e. The average molecular weight is 376 g/mol. The summed E-state index contributed by atoms with van der Waals surface area (Å²) in [4.78, 5) is 25.2. The molecule has 0 radical (unpaired) electrons. The molecule has 0 heterocycles. The zero-order chi connectivity index (χ0) is 19.6.